The van der Waals surface area contributed by atoms with E-state index < -0.39 is 0 Å². The van der Waals surface area contributed by atoms with E-state index >= 15 is 0 Å². The lowest BCUT2D eigenvalue weighted by molar-refractivity contribution is 0.342. The Morgan fingerprint density at radius 2 is 1.93 bits per heavy atom. The molecule has 1 aromatic heterocycles. The average Bonchev–Trinajstić information content (AvgIpc) is 3.51. The Kier molecular flexibility index (Phi) is 5.66. The highest BCUT2D eigenvalue weighted by atomic mass is 79.9. The molecule has 1 atom stereocenters. The number of rotatable bonds is 5. The molecule has 1 aliphatic rings. The predicted octanol–water partition coefficient (Wildman–Crippen LogP) is 6.11. The van der Waals surface area contributed by atoms with Gasteiger partial charge in [-0.15, -0.1) is 0 Å². The van der Waals surface area contributed by atoms with Crippen LogP contribution >= 0.6 is 15.9 Å². The first-order chi connectivity index (χ1) is 13.8. The molecule has 3 nitrogen and oxygen atoms in total. The number of benzene rings is 2. The molecule has 1 heterocycles. The zero-order valence-corrected chi connectivity index (χ0v) is 19.8. The molecular formula is C24H27BrNO2S+. The highest BCUT2D eigenvalue weighted by Crippen LogP contribution is 2.40. The number of aromatic nitrogens is 1. The van der Waals surface area contributed by atoms with Crippen molar-refractivity contribution in [3.05, 3.63) is 74.6 Å². The Bertz CT molecular complexity index is 1110. The third-order valence-corrected chi connectivity index (χ3v) is 8.51. The van der Waals surface area contributed by atoms with E-state index in [9.17, 15) is 4.79 Å². The van der Waals surface area contributed by atoms with E-state index in [1.807, 2.05) is 36.5 Å². The van der Waals surface area contributed by atoms with Gasteiger partial charge in [-0.1, -0.05) is 34.1 Å². The van der Waals surface area contributed by atoms with Gasteiger partial charge in [0.25, 0.3) is 5.56 Å². The van der Waals surface area contributed by atoms with Gasteiger partial charge in [-0.3, -0.25) is 9.36 Å². The summed E-state index contributed by atoms with van der Waals surface area (Å²) in [5.41, 5.74) is 3.22. The van der Waals surface area contributed by atoms with Crippen molar-refractivity contribution < 1.29 is 4.18 Å². The van der Waals surface area contributed by atoms with Crippen LogP contribution in [-0.2, 0) is 22.0 Å². The summed E-state index contributed by atoms with van der Waals surface area (Å²) in [7, 11) is 0. The largest absolute Gasteiger partial charge is 0.283 e. The summed E-state index contributed by atoms with van der Waals surface area (Å²) in [6.45, 7) is 7.00. The van der Waals surface area contributed by atoms with Crippen LogP contribution in [-0.4, -0.2) is 15.6 Å². The number of hydrogen-bond acceptors (Lipinski definition) is 2. The van der Waals surface area contributed by atoms with E-state index in [0.717, 1.165) is 26.5 Å². The molecule has 0 saturated heterocycles. The van der Waals surface area contributed by atoms with Crippen LogP contribution in [0.4, 0.5) is 0 Å². The summed E-state index contributed by atoms with van der Waals surface area (Å²) in [6.07, 6.45) is 6.54. The summed E-state index contributed by atoms with van der Waals surface area (Å²) < 4.78 is 8.98. The molecule has 2 aromatic carbocycles. The van der Waals surface area contributed by atoms with E-state index in [4.69, 9.17) is 4.18 Å². The molecule has 4 rings (SSSR count). The second kappa shape index (κ2) is 7.93. The van der Waals surface area contributed by atoms with E-state index in [-0.39, 0.29) is 21.5 Å². The zero-order valence-electron chi connectivity index (χ0n) is 17.4. The Hall–Kier alpha value is -1.56. The van der Waals surface area contributed by atoms with Crippen molar-refractivity contribution in [1.29, 1.82) is 0 Å². The summed E-state index contributed by atoms with van der Waals surface area (Å²) in [6, 6.07) is 14.3. The minimum Gasteiger partial charge on any atom is -0.283 e. The van der Waals surface area contributed by atoms with Gasteiger partial charge in [-0.2, -0.15) is 4.18 Å². The SMILES string of the molecule is C[S+](OCc1c(Br)cccc1-n1ccc2cc(C3CC3)ccc2c1=O)C(C)(C)C. The number of nitrogens with zero attached hydrogens (tertiary/aromatic N) is 1. The lowest BCUT2D eigenvalue weighted by atomic mass is 10.1. The molecule has 1 saturated carbocycles. The maximum absolute atomic E-state index is 13.3. The summed E-state index contributed by atoms with van der Waals surface area (Å²) >= 11 is 3.46. The van der Waals surface area contributed by atoms with Crippen molar-refractivity contribution in [3.8, 4) is 5.69 Å². The quantitative estimate of drug-likeness (QED) is 0.419. The minimum absolute atomic E-state index is 0.00974. The number of hydrogen-bond donors (Lipinski definition) is 0. The molecule has 0 bridgehead atoms. The van der Waals surface area contributed by atoms with E-state index in [1.165, 1.54) is 18.4 Å². The molecule has 1 fully saturated rings. The molecule has 1 unspecified atom stereocenters. The number of halogens is 1. The molecular weight excluding hydrogens is 446 g/mol. The minimum atomic E-state index is -0.198. The highest BCUT2D eigenvalue weighted by molar-refractivity contribution is 9.10. The zero-order chi connectivity index (χ0) is 20.8. The van der Waals surface area contributed by atoms with Gasteiger partial charge in [0, 0.05) is 21.6 Å². The Labute approximate surface area is 183 Å². The number of pyridine rings is 1. The van der Waals surface area contributed by atoms with Gasteiger partial charge in [0.15, 0.2) is 4.75 Å². The second-order valence-electron chi connectivity index (χ2n) is 8.68. The molecule has 3 aromatic rings. The van der Waals surface area contributed by atoms with E-state index in [1.54, 1.807) is 4.57 Å². The van der Waals surface area contributed by atoms with Crippen LogP contribution in [0.3, 0.4) is 0 Å². The fraction of sp³-hybridized carbons (Fsp3) is 0.375. The monoisotopic (exact) mass is 472 g/mol. The first-order valence-electron chi connectivity index (χ1n) is 9.98. The summed E-state index contributed by atoms with van der Waals surface area (Å²) in [5, 5.41) is 1.78. The van der Waals surface area contributed by atoms with Crippen molar-refractivity contribution in [2.24, 2.45) is 0 Å². The topological polar surface area (TPSA) is 31.2 Å². The van der Waals surface area contributed by atoms with Crippen LogP contribution in [0.25, 0.3) is 16.5 Å². The van der Waals surface area contributed by atoms with Gasteiger partial charge >= 0.3 is 0 Å². The van der Waals surface area contributed by atoms with Crippen LogP contribution in [0.1, 0.15) is 50.7 Å². The molecule has 0 N–H and O–H groups in total. The fourth-order valence-electron chi connectivity index (χ4n) is 3.37. The average molecular weight is 473 g/mol. The van der Waals surface area contributed by atoms with Crippen molar-refractivity contribution >= 4 is 37.9 Å². The third-order valence-electron chi connectivity index (χ3n) is 5.57. The van der Waals surface area contributed by atoms with Crippen LogP contribution in [0.2, 0.25) is 0 Å². The molecule has 0 spiro atoms. The van der Waals surface area contributed by atoms with Crippen LogP contribution in [0.5, 0.6) is 0 Å². The lowest BCUT2D eigenvalue weighted by Gasteiger charge is -2.18. The Balaban J connectivity index is 1.73. The van der Waals surface area contributed by atoms with E-state index in [0.29, 0.717) is 12.5 Å². The molecule has 29 heavy (non-hydrogen) atoms. The lowest BCUT2D eigenvalue weighted by Crippen LogP contribution is -2.29. The van der Waals surface area contributed by atoms with Gasteiger partial charge in [-0.05, 0) is 74.7 Å². The van der Waals surface area contributed by atoms with Gasteiger partial charge < -0.3 is 0 Å². The van der Waals surface area contributed by atoms with Gasteiger partial charge in [0.1, 0.15) is 24.0 Å². The van der Waals surface area contributed by atoms with Gasteiger partial charge in [0.05, 0.1) is 5.69 Å². The Morgan fingerprint density at radius 3 is 2.62 bits per heavy atom. The normalized spacial score (nSPS) is 15.6. The molecule has 0 amide bonds. The second-order valence-corrected chi connectivity index (χ2v) is 11.9. The fourth-order valence-corrected chi connectivity index (χ4v) is 4.48. The van der Waals surface area contributed by atoms with Crippen LogP contribution < -0.4 is 5.56 Å². The summed E-state index contributed by atoms with van der Waals surface area (Å²) in [5.74, 6) is 0.682. The first kappa shape index (κ1) is 20.7. The Morgan fingerprint density at radius 1 is 1.17 bits per heavy atom. The standard InChI is InChI=1S/C24H27BrNO2S/c1-24(2,3)29(4)28-15-20-21(25)6-5-7-22(20)26-13-12-18-14-17(16-8-9-16)10-11-19(18)23(26)27/h5-7,10-14,16H,8-9,15H2,1-4H3/q+1. The first-order valence-corrected chi connectivity index (χ1v) is 12.3. The molecule has 152 valence electrons. The maximum atomic E-state index is 13.3. The molecule has 0 aliphatic heterocycles. The van der Waals surface area contributed by atoms with Crippen molar-refractivity contribution in [2.75, 3.05) is 6.26 Å². The van der Waals surface area contributed by atoms with Crippen molar-refractivity contribution in [3.63, 3.8) is 0 Å². The highest BCUT2D eigenvalue weighted by Gasteiger charge is 2.32. The molecule has 5 heteroatoms. The van der Waals surface area contributed by atoms with Crippen molar-refractivity contribution in [2.45, 2.75) is 50.9 Å². The molecule has 1 aliphatic carbocycles. The maximum Gasteiger partial charge on any atom is 0.262 e. The van der Waals surface area contributed by atoms with E-state index in [2.05, 4.69) is 55.1 Å². The van der Waals surface area contributed by atoms with Crippen molar-refractivity contribution in [1.82, 2.24) is 4.57 Å². The van der Waals surface area contributed by atoms with Crippen LogP contribution in [0.15, 0.2) is 57.9 Å². The van der Waals surface area contributed by atoms with Gasteiger partial charge in [0.2, 0.25) is 0 Å². The smallest absolute Gasteiger partial charge is 0.262 e. The molecule has 0 radical (unpaired) electrons. The van der Waals surface area contributed by atoms with Crippen LogP contribution in [0, 0.1) is 0 Å². The number of fused-ring (bicyclic) bond motifs is 1. The predicted molar refractivity (Wildman–Crippen MR) is 127 cm³/mol. The third kappa shape index (κ3) is 4.32. The van der Waals surface area contributed by atoms with Gasteiger partial charge in [-0.25, -0.2) is 0 Å². The summed E-state index contributed by atoms with van der Waals surface area (Å²) in [4.78, 5) is 13.3.